The van der Waals surface area contributed by atoms with Crippen molar-refractivity contribution in [2.75, 3.05) is 27.3 Å². The predicted octanol–water partition coefficient (Wildman–Crippen LogP) is 6.93. The van der Waals surface area contributed by atoms with Crippen LogP contribution in [0.15, 0.2) is 84.9 Å². The molecule has 2 aliphatic heterocycles. The first-order valence-corrected chi connectivity index (χ1v) is 19.2. The molecule has 11 heteroatoms. The maximum Gasteiger partial charge on any atom is 0.243 e. The van der Waals surface area contributed by atoms with E-state index in [9.17, 15) is 14.7 Å². The smallest absolute Gasteiger partial charge is 0.243 e. The number of hydroxylamine groups is 1. The molecule has 4 aromatic carbocycles. The second-order valence-corrected chi connectivity index (χ2v) is 14.4. The third kappa shape index (κ3) is 10.9. The Bertz CT molecular complexity index is 1880. The highest BCUT2D eigenvalue weighted by Gasteiger charge is 2.34. The van der Waals surface area contributed by atoms with Crippen molar-refractivity contribution < 1.29 is 38.9 Å². The molecular weight excluding hydrogens is 698 g/mol. The van der Waals surface area contributed by atoms with E-state index in [4.69, 9.17) is 24.2 Å². The van der Waals surface area contributed by atoms with E-state index in [2.05, 4.69) is 46.6 Å². The molecule has 0 bridgehead atoms. The Hall–Kier alpha value is -4.78. The minimum atomic E-state index is -0.586. The van der Waals surface area contributed by atoms with E-state index >= 15 is 0 Å². The number of hydrogen-bond donors (Lipinski definition) is 4. The summed E-state index contributed by atoms with van der Waals surface area (Å²) in [5, 5.41) is 21.3. The minimum absolute atomic E-state index is 0.00377. The van der Waals surface area contributed by atoms with E-state index in [1.165, 1.54) is 11.1 Å². The topological polar surface area (TPSA) is 139 Å². The molecule has 3 atom stereocenters. The van der Waals surface area contributed by atoms with E-state index in [0.717, 1.165) is 90.2 Å². The first kappa shape index (κ1) is 39.9. The van der Waals surface area contributed by atoms with Crippen LogP contribution in [-0.4, -0.2) is 60.4 Å². The van der Waals surface area contributed by atoms with E-state index < -0.39 is 6.29 Å². The van der Waals surface area contributed by atoms with Crippen LogP contribution >= 0.6 is 0 Å². The molecule has 11 nitrogen and oxygen atoms in total. The molecule has 0 radical (unpaired) electrons. The number of hydrogen-bond acceptors (Lipinski definition) is 9. The van der Waals surface area contributed by atoms with Crippen molar-refractivity contribution >= 4 is 11.8 Å². The van der Waals surface area contributed by atoms with Crippen LogP contribution in [0.3, 0.4) is 0 Å². The van der Waals surface area contributed by atoms with Crippen LogP contribution in [0.25, 0.3) is 11.1 Å². The summed E-state index contributed by atoms with van der Waals surface area (Å²) in [6, 6.07) is 28.6. The molecule has 1 saturated heterocycles. The van der Waals surface area contributed by atoms with Gasteiger partial charge in [-0.3, -0.25) is 19.7 Å². The van der Waals surface area contributed by atoms with E-state index in [1.54, 1.807) is 19.7 Å². The van der Waals surface area contributed by atoms with Gasteiger partial charge in [0.25, 0.3) is 0 Å². The Morgan fingerprint density at radius 1 is 0.782 bits per heavy atom. The minimum Gasteiger partial charge on any atom is -0.493 e. The van der Waals surface area contributed by atoms with Crippen molar-refractivity contribution in [1.29, 1.82) is 0 Å². The molecule has 0 aromatic heterocycles. The summed E-state index contributed by atoms with van der Waals surface area (Å²) >= 11 is 0. The molecule has 2 amide bonds. The monoisotopic (exact) mass is 751 g/mol. The molecule has 55 heavy (non-hydrogen) atoms. The number of unbranched alkanes of at least 4 members (excludes halogenated alkanes) is 3. The maximum atomic E-state index is 12.5. The Labute approximate surface area is 323 Å². The molecule has 1 fully saturated rings. The van der Waals surface area contributed by atoms with E-state index in [1.807, 2.05) is 48.5 Å². The van der Waals surface area contributed by atoms with Crippen molar-refractivity contribution in [2.24, 2.45) is 0 Å². The van der Waals surface area contributed by atoms with Gasteiger partial charge in [-0.1, -0.05) is 73.5 Å². The number of rotatable bonds is 17. The van der Waals surface area contributed by atoms with Crippen LogP contribution < -0.4 is 20.3 Å². The largest absolute Gasteiger partial charge is 0.493 e. The van der Waals surface area contributed by atoms with E-state index in [-0.39, 0.29) is 37.0 Å². The third-order valence-corrected chi connectivity index (χ3v) is 10.5. The van der Waals surface area contributed by atoms with Crippen LogP contribution in [-0.2, 0) is 45.2 Å². The first-order valence-electron chi connectivity index (χ1n) is 19.2. The second kappa shape index (κ2) is 19.7. The lowest BCUT2D eigenvalue weighted by Crippen LogP contribution is -2.41. The highest BCUT2D eigenvalue weighted by Crippen LogP contribution is 2.40. The number of ether oxygens (including phenoxy) is 4. The molecule has 0 aliphatic carbocycles. The zero-order chi connectivity index (χ0) is 38.6. The normalized spacial score (nSPS) is 18.3. The van der Waals surface area contributed by atoms with Crippen molar-refractivity contribution in [2.45, 2.75) is 89.6 Å². The number of carbonyl (C=O) groups excluding carboxylic acids is 2. The lowest BCUT2D eigenvalue weighted by Gasteiger charge is -2.39. The molecule has 2 aliphatic rings. The SMILES string of the molecule is COc1cc2c(cc1OC)CN(C[C@H]1C[C@@H](c3ccc(CO)cc3)O[C@@H](c3cccc(-c4cccc(CNC(=O)CCCCCCC(=O)NO)c4)c3)O1)CC2. The highest BCUT2D eigenvalue weighted by atomic mass is 16.7. The van der Waals surface area contributed by atoms with Gasteiger partial charge in [-0.2, -0.15) is 0 Å². The number of aliphatic hydroxyl groups excluding tert-OH is 1. The summed E-state index contributed by atoms with van der Waals surface area (Å²) in [6.45, 7) is 2.86. The Balaban J connectivity index is 1.12. The Morgan fingerprint density at radius 2 is 1.47 bits per heavy atom. The Kier molecular flexibility index (Phi) is 14.3. The number of amides is 2. The average molecular weight is 752 g/mol. The standard InChI is InChI=1S/C44H53N3O8/c1-52-40-23-35-19-20-47(27-37(35)24-41(40)53-2)28-38-25-39(32-17-15-30(29-48)16-18-32)55-44(54-38)36-12-8-11-34(22-36)33-10-7-9-31(21-33)26-45-42(49)13-5-3-4-6-14-43(50)46-51/h7-12,15-18,21-24,38-39,44,48,51H,3-6,13-14,19-20,25-29H2,1-2H3,(H,45,49)(H,46,50)/t38-,39+,44+/m1/s1. The van der Waals surface area contributed by atoms with E-state index in [0.29, 0.717) is 25.8 Å². The van der Waals surface area contributed by atoms with Gasteiger partial charge in [-0.15, -0.1) is 0 Å². The summed E-state index contributed by atoms with van der Waals surface area (Å²) in [7, 11) is 3.33. The lowest BCUT2D eigenvalue weighted by molar-refractivity contribution is -0.253. The lowest BCUT2D eigenvalue weighted by atomic mass is 9.96. The molecule has 4 N–H and O–H groups in total. The van der Waals surface area contributed by atoms with Gasteiger partial charge < -0.3 is 29.4 Å². The number of fused-ring (bicyclic) bond motifs is 1. The van der Waals surface area contributed by atoms with Gasteiger partial charge in [0.2, 0.25) is 11.8 Å². The fourth-order valence-electron chi connectivity index (χ4n) is 7.41. The molecule has 0 unspecified atom stereocenters. The van der Waals surface area contributed by atoms with Gasteiger partial charge in [0.1, 0.15) is 0 Å². The van der Waals surface area contributed by atoms with Crippen molar-refractivity contribution in [1.82, 2.24) is 15.7 Å². The fraction of sp³-hybridized carbons (Fsp3) is 0.409. The molecule has 0 spiro atoms. The Morgan fingerprint density at radius 3 is 2.18 bits per heavy atom. The molecular formula is C44H53N3O8. The van der Waals surface area contributed by atoms with Crippen LogP contribution in [0.1, 0.15) is 90.7 Å². The summed E-state index contributed by atoms with van der Waals surface area (Å²) in [4.78, 5) is 26.1. The van der Waals surface area contributed by atoms with Gasteiger partial charge in [-0.25, -0.2) is 5.48 Å². The third-order valence-electron chi connectivity index (χ3n) is 10.5. The predicted molar refractivity (Wildman–Crippen MR) is 208 cm³/mol. The summed E-state index contributed by atoms with van der Waals surface area (Å²) in [5.41, 5.74) is 10.0. The zero-order valence-electron chi connectivity index (χ0n) is 31.8. The molecule has 4 aromatic rings. The number of aliphatic hydroxyl groups is 1. The van der Waals surface area contributed by atoms with Gasteiger partial charge >= 0.3 is 0 Å². The van der Waals surface area contributed by atoms with Crippen LogP contribution in [0.2, 0.25) is 0 Å². The number of nitrogens with zero attached hydrogens (tertiary/aromatic N) is 1. The second-order valence-electron chi connectivity index (χ2n) is 14.4. The van der Waals surface area contributed by atoms with Gasteiger partial charge in [-0.05, 0) is 82.5 Å². The molecule has 292 valence electrons. The van der Waals surface area contributed by atoms with Gasteiger partial charge in [0, 0.05) is 51.0 Å². The highest BCUT2D eigenvalue weighted by molar-refractivity contribution is 5.76. The fourth-order valence-corrected chi connectivity index (χ4v) is 7.41. The summed E-state index contributed by atoms with van der Waals surface area (Å²) in [5.74, 6) is 1.10. The van der Waals surface area contributed by atoms with Gasteiger partial charge in [0.15, 0.2) is 17.8 Å². The summed E-state index contributed by atoms with van der Waals surface area (Å²) in [6.07, 6.45) is 4.56. The number of methoxy groups -OCH3 is 2. The van der Waals surface area contributed by atoms with Gasteiger partial charge in [0.05, 0.1) is 33.0 Å². The van der Waals surface area contributed by atoms with Crippen LogP contribution in [0.4, 0.5) is 0 Å². The van der Waals surface area contributed by atoms with Crippen LogP contribution in [0.5, 0.6) is 11.5 Å². The van der Waals surface area contributed by atoms with Crippen molar-refractivity contribution in [3.63, 3.8) is 0 Å². The van der Waals surface area contributed by atoms with Crippen molar-refractivity contribution in [3.05, 3.63) is 118 Å². The van der Waals surface area contributed by atoms with Crippen molar-refractivity contribution in [3.8, 4) is 22.6 Å². The first-order chi connectivity index (χ1) is 26.8. The quantitative estimate of drug-likeness (QED) is 0.0514. The number of carbonyl (C=O) groups is 2. The summed E-state index contributed by atoms with van der Waals surface area (Å²) < 4.78 is 24.6. The number of benzene rings is 4. The molecule has 0 saturated carbocycles. The van der Waals surface area contributed by atoms with Crippen LogP contribution in [0, 0.1) is 0 Å². The molecule has 2 heterocycles. The zero-order valence-corrected chi connectivity index (χ0v) is 31.8. The average Bonchev–Trinajstić information content (AvgIpc) is 3.23. The number of nitrogens with one attached hydrogen (secondary N) is 2. The molecule has 6 rings (SSSR count). The maximum absolute atomic E-state index is 12.5.